The van der Waals surface area contributed by atoms with Crippen molar-refractivity contribution in [3.63, 3.8) is 0 Å². The molecule has 0 aliphatic carbocycles. The number of fused-ring (bicyclic) bond motifs is 18. The minimum atomic E-state index is 1.16. The van der Waals surface area contributed by atoms with Crippen LogP contribution < -0.4 is 0 Å². The molecule has 6 heteroatoms. The largest absolute Gasteiger partial charge is 0.309 e. The maximum Gasteiger partial charge on any atom is 0.0541 e. The second kappa shape index (κ2) is 34.7. The molecule has 6 heterocycles. The van der Waals surface area contributed by atoms with Crippen LogP contribution >= 0.6 is 34.0 Å². The molecule has 6 aromatic heterocycles. The Bertz CT molecular complexity index is 9510. The first-order valence-corrected chi connectivity index (χ1v) is 49.6. The second-order valence-electron chi connectivity index (χ2n) is 35.7. The zero-order chi connectivity index (χ0) is 91.1. The number of rotatable bonds is 13. The molecule has 0 saturated heterocycles. The summed E-state index contributed by atoms with van der Waals surface area (Å²) < 4.78 is 15.3. The zero-order valence-corrected chi connectivity index (χ0v) is 77.6. The SMILES string of the molecule is c1ccc(-c2cc(-c3ccccc3)cc(-n3c4ccccc4c4cc(-c5ccc6sc7ccccc7c6c5)ccc43)c2)cc1.c1ccc(-c2ccc(-c3ccc(-n4c5ccccc5c5cc(-c6ccc7sc8ccccc8c7c6)ccc54)cc3)cc2)cc1.c1ccc(-c2cccc(-c3cccc(-c4cccc(-n5c6ccccc6c6cc(-c7ccc8sc9ccccc9c8c7)ccc65)c4)c3)c2)cc1. The molecule has 28 aromatic rings. The van der Waals surface area contributed by atoms with Crippen molar-refractivity contribution in [1.82, 2.24) is 13.7 Å². The van der Waals surface area contributed by atoms with Crippen molar-refractivity contribution in [2.45, 2.75) is 0 Å². The molecule has 22 aromatic carbocycles. The average molecular weight is 1810 g/mol. The highest BCUT2D eigenvalue weighted by Crippen LogP contribution is 2.47. The van der Waals surface area contributed by atoms with Gasteiger partial charge in [-0.25, -0.2) is 0 Å². The van der Waals surface area contributed by atoms with E-state index in [1.54, 1.807) is 0 Å². The number of thiophene rings is 3. The summed E-state index contributed by atoms with van der Waals surface area (Å²) in [5.74, 6) is 0. The summed E-state index contributed by atoms with van der Waals surface area (Å²) in [5.41, 5.74) is 35.3. The molecule has 0 aliphatic heterocycles. The van der Waals surface area contributed by atoms with E-state index in [0.717, 1.165) is 11.4 Å². The molecular weight excluding hydrogens is 1720 g/mol. The van der Waals surface area contributed by atoms with Crippen molar-refractivity contribution < 1.29 is 0 Å². The lowest BCUT2D eigenvalue weighted by Crippen LogP contribution is -1.96. The maximum absolute atomic E-state index is 2.43. The molecule has 0 amide bonds. The summed E-state index contributed by atoms with van der Waals surface area (Å²) in [6.45, 7) is 0. The van der Waals surface area contributed by atoms with Gasteiger partial charge >= 0.3 is 0 Å². The normalized spacial score (nSPS) is 11.6. The van der Waals surface area contributed by atoms with Gasteiger partial charge in [0.1, 0.15) is 0 Å². The van der Waals surface area contributed by atoms with Gasteiger partial charge in [0.05, 0.1) is 33.1 Å². The topological polar surface area (TPSA) is 14.8 Å². The number of hydrogen-bond donors (Lipinski definition) is 0. The van der Waals surface area contributed by atoms with Crippen LogP contribution in [0.3, 0.4) is 0 Å². The fraction of sp³-hybridized carbons (Fsp3) is 0. The maximum atomic E-state index is 2.43. The highest BCUT2D eigenvalue weighted by Gasteiger charge is 2.22. The smallest absolute Gasteiger partial charge is 0.0541 e. The number of aromatic nitrogens is 3. The number of nitrogens with zero attached hydrogens (tertiary/aromatic N) is 3. The summed E-state index contributed by atoms with van der Waals surface area (Å²) in [4.78, 5) is 0. The minimum absolute atomic E-state index is 1.16. The van der Waals surface area contributed by atoms with Crippen LogP contribution in [0.5, 0.6) is 0 Å². The first kappa shape index (κ1) is 81.6. The van der Waals surface area contributed by atoms with Crippen LogP contribution in [-0.4, -0.2) is 13.7 Å². The molecule has 0 fully saturated rings. The Morgan fingerprint density at radius 1 is 0.101 bits per heavy atom. The van der Waals surface area contributed by atoms with Gasteiger partial charge in [-0.05, 0) is 275 Å². The quantitative estimate of drug-likeness (QED) is 0.109. The van der Waals surface area contributed by atoms with Crippen molar-refractivity contribution in [3.8, 4) is 128 Å². The van der Waals surface area contributed by atoms with Gasteiger partial charge in [0.2, 0.25) is 0 Å². The molecule has 0 saturated carbocycles. The van der Waals surface area contributed by atoms with Crippen molar-refractivity contribution in [2.75, 3.05) is 0 Å². The fourth-order valence-electron chi connectivity index (χ4n) is 20.8. The molecule has 0 radical (unpaired) electrons. The molecule has 0 atom stereocenters. The summed E-state index contributed by atoms with van der Waals surface area (Å²) in [7, 11) is 0. The standard InChI is InChI=1S/C48H31NS.2C42H27NS/c1-2-11-32(12-3-1)33-13-8-14-34(27-33)35-15-9-16-36(28-35)37-17-10-18-40(29-37)49-45-21-6-4-19-41(45)43-30-38(23-25-46(43)49)39-24-26-48-44(31-39)42-20-5-7-22-47(42)50-48;1-3-11-28(12-4-1)32-23-33(29-13-5-2-6-14-29)25-34(24-32)43-39-17-9-7-15-35(39)37-26-30(19-21-40(37)43)31-20-22-42-38(27-31)36-16-8-10-18-41(36)44-42;1-2-8-28(9-3-1)29-14-16-30(17-15-29)31-18-22-34(23-19-31)43-39-12-6-4-10-35(39)37-26-32(20-24-40(37)43)33-21-25-42-38(27-33)36-11-5-7-13-41(36)44-42/h1-31H;2*1-27H. The van der Waals surface area contributed by atoms with Crippen LogP contribution in [0.1, 0.15) is 0 Å². The lowest BCUT2D eigenvalue weighted by Gasteiger charge is -2.14. The van der Waals surface area contributed by atoms with Crippen LogP contribution in [0.25, 0.3) is 254 Å². The number of benzene rings is 22. The predicted molar refractivity (Wildman–Crippen MR) is 595 cm³/mol. The molecule has 0 unspecified atom stereocenters. The molecule has 28 rings (SSSR count). The van der Waals surface area contributed by atoms with Gasteiger partial charge in [-0.15, -0.1) is 34.0 Å². The Balaban J connectivity index is 0.000000107. The van der Waals surface area contributed by atoms with E-state index in [0.29, 0.717) is 0 Å². The van der Waals surface area contributed by atoms with Gasteiger partial charge in [0.15, 0.2) is 0 Å². The van der Waals surface area contributed by atoms with E-state index >= 15 is 0 Å². The Hall–Kier alpha value is -17.1. The van der Waals surface area contributed by atoms with Crippen LogP contribution in [0.15, 0.2) is 516 Å². The monoisotopic (exact) mass is 1810 g/mol. The first-order valence-electron chi connectivity index (χ1n) is 47.1. The van der Waals surface area contributed by atoms with Crippen LogP contribution in [0, 0.1) is 0 Å². The zero-order valence-electron chi connectivity index (χ0n) is 75.1. The molecule has 0 spiro atoms. The van der Waals surface area contributed by atoms with Gasteiger partial charge in [0.25, 0.3) is 0 Å². The molecule has 0 bridgehead atoms. The summed E-state index contributed by atoms with van der Waals surface area (Å²) >= 11 is 5.60. The molecule has 3 nitrogen and oxygen atoms in total. The van der Waals surface area contributed by atoms with Crippen molar-refractivity contribution in [1.29, 1.82) is 0 Å². The van der Waals surface area contributed by atoms with Crippen LogP contribution in [0.2, 0.25) is 0 Å². The van der Waals surface area contributed by atoms with Gasteiger partial charge in [0, 0.05) is 110 Å². The second-order valence-corrected chi connectivity index (χ2v) is 39.0. The van der Waals surface area contributed by atoms with E-state index < -0.39 is 0 Å². The van der Waals surface area contributed by atoms with Crippen molar-refractivity contribution in [3.05, 3.63) is 516 Å². The van der Waals surface area contributed by atoms with Gasteiger partial charge in [-0.2, -0.15) is 0 Å². The van der Waals surface area contributed by atoms with E-state index in [2.05, 4.69) is 529 Å². The highest BCUT2D eigenvalue weighted by atomic mass is 32.1. The Morgan fingerprint density at radius 3 is 0.681 bits per heavy atom. The summed E-state index contributed by atoms with van der Waals surface area (Å²) in [6.07, 6.45) is 0. The Morgan fingerprint density at radius 2 is 0.312 bits per heavy atom. The third-order valence-electron chi connectivity index (χ3n) is 27.6. The van der Waals surface area contributed by atoms with Gasteiger partial charge in [-0.1, -0.05) is 352 Å². The molecular formula is C132H85N3S3. The predicted octanol–water partition coefficient (Wildman–Crippen LogP) is 38.1. The Kier molecular flexibility index (Phi) is 20.6. The van der Waals surface area contributed by atoms with E-state index in [-0.39, 0.29) is 0 Å². The van der Waals surface area contributed by atoms with Crippen LogP contribution in [0.4, 0.5) is 0 Å². The average Bonchev–Trinajstić information content (AvgIpc) is 1.59. The summed E-state index contributed by atoms with van der Waals surface area (Å²) in [5, 5.41) is 15.6. The van der Waals surface area contributed by atoms with E-state index in [4.69, 9.17) is 0 Å². The number of hydrogen-bond acceptors (Lipinski definition) is 3. The van der Waals surface area contributed by atoms with Crippen molar-refractivity contribution in [2.24, 2.45) is 0 Å². The minimum Gasteiger partial charge on any atom is -0.309 e. The fourth-order valence-corrected chi connectivity index (χ4v) is 24.1. The lowest BCUT2D eigenvalue weighted by molar-refractivity contribution is 1.18. The molecule has 0 aliphatic rings. The molecule has 646 valence electrons. The Labute approximate surface area is 811 Å². The van der Waals surface area contributed by atoms with Crippen molar-refractivity contribution >= 4 is 160 Å². The first-order chi connectivity index (χ1) is 68.4. The summed E-state index contributed by atoms with van der Waals surface area (Å²) in [6, 6.07) is 188. The van der Waals surface area contributed by atoms with E-state index in [1.165, 1.54) is 243 Å². The van der Waals surface area contributed by atoms with Gasteiger partial charge < -0.3 is 13.7 Å². The van der Waals surface area contributed by atoms with Gasteiger partial charge in [-0.3, -0.25) is 0 Å². The third-order valence-corrected chi connectivity index (χ3v) is 31.0. The van der Waals surface area contributed by atoms with E-state index in [9.17, 15) is 0 Å². The molecule has 138 heavy (non-hydrogen) atoms. The van der Waals surface area contributed by atoms with Crippen LogP contribution in [-0.2, 0) is 0 Å². The molecule has 0 N–H and O–H groups in total. The lowest BCUT2D eigenvalue weighted by atomic mass is 9.96. The number of para-hydroxylation sites is 3. The van der Waals surface area contributed by atoms with E-state index in [1.807, 2.05) is 34.0 Å². The highest BCUT2D eigenvalue weighted by molar-refractivity contribution is 7.26. The third kappa shape index (κ3) is 14.9.